The summed E-state index contributed by atoms with van der Waals surface area (Å²) in [6, 6.07) is 14.0. The molecule has 3 rings (SSSR count). The number of nitrogens with zero attached hydrogens (tertiary/aromatic N) is 2. The molecule has 0 aliphatic heterocycles. The quantitative estimate of drug-likeness (QED) is 0.567. The lowest BCUT2D eigenvalue weighted by Crippen LogP contribution is -2.02. The fourth-order valence-corrected chi connectivity index (χ4v) is 3.07. The van der Waals surface area contributed by atoms with Crippen LogP contribution in [0.25, 0.3) is 23.2 Å². The van der Waals surface area contributed by atoms with Gasteiger partial charge in [-0.15, -0.1) is 0 Å². The van der Waals surface area contributed by atoms with Crippen LogP contribution < -0.4 is 0 Å². The first-order valence-corrected chi connectivity index (χ1v) is 7.92. The van der Waals surface area contributed by atoms with Crippen molar-refractivity contribution in [3.8, 4) is 0 Å². The lowest BCUT2D eigenvalue weighted by atomic mass is 10.2. The summed E-state index contributed by atoms with van der Waals surface area (Å²) >= 11 is 12.4. The van der Waals surface area contributed by atoms with E-state index in [2.05, 4.69) is 24.5 Å². The van der Waals surface area contributed by atoms with Crippen molar-refractivity contribution in [3.63, 3.8) is 0 Å². The van der Waals surface area contributed by atoms with Crippen molar-refractivity contribution in [1.29, 1.82) is 0 Å². The molecule has 0 amide bonds. The second-order valence-corrected chi connectivity index (χ2v) is 6.21. The maximum Gasteiger partial charge on any atom is 0.134 e. The van der Waals surface area contributed by atoms with Crippen LogP contribution in [-0.4, -0.2) is 9.55 Å². The summed E-state index contributed by atoms with van der Waals surface area (Å²) in [5.74, 6) is 0.896. The summed E-state index contributed by atoms with van der Waals surface area (Å²) in [6.07, 6.45) is 3.89. The fourth-order valence-electron chi connectivity index (χ4n) is 2.55. The van der Waals surface area contributed by atoms with Gasteiger partial charge >= 0.3 is 0 Å². The Morgan fingerprint density at radius 1 is 0.955 bits per heavy atom. The van der Waals surface area contributed by atoms with Crippen LogP contribution in [0.1, 0.15) is 31.3 Å². The second-order valence-electron chi connectivity index (χ2n) is 5.39. The van der Waals surface area contributed by atoms with E-state index in [1.54, 1.807) is 0 Å². The molecule has 4 heteroatoms. The highest BCUT2D eigenvalue weighted by Crippen LogP contribution is 2.27. The Balaban J connectivity index is 2.11. The molecule has 0 unspecified atom stereocenters. The lowest BCUT2D eigenvalue weighted by molar-refractivity contribution is 0.612. The van der Waals surface area contributed by atoms with Gasteiger partial charge in [-0.1, -0.05) is 41.4 Å². The van der Waals surface area contributed by atoms with E-state index in [9.17, 15) is 0 Å². The number of para-hydroxylation sites is 2. The van der Waals surface area contributed by atoms with E-state index in [4.69, 9.17) is 28.2 Å². The minimum Gasteiger partial charge on any atom is -0.322 e. The number of rotatable bonds is 3. The molecule has 0 bridgehead atoms. The van der Waals surface area contributed by atoms with E-state index in [0.717, 1.165) is 22.4 Å². The van der Waals surface area contributed by atoms with E-state index in [-0.39, 0.29) is 0 Å². The minimum absolute atomic E-state index is 0.314. The molecule has 2 nitrogen and oxygen atoms in total. The molecule has 1 heterocycles. The summed E-state index contributed by atoms with van der Waals surface area (Å²) in [5, 5.41) is 1.27. The number of fused-ring (bicyclic) bond motifs is 1. The van der Waals surface area contributed by atoms with Crippen LogP contribution in [0, 0.1) is 0 Å². The highest BCUT2D eigenvalue weighted by atomic mass is 35.5. The zero-order valence-electron chi connectivity index (χ0n) is 12.4. The first-order chi connectivity index (χ1) is 10.6. The Bertz CT molecular complexity index is 827. The van der Waals surface area contributed by atoms with E-state index in [1.807, 2.05) is 48.6 Å². The van der Waals surface area contributed by atoms with E-state index >= 15 is 0 Å². The average molecular weight is 331 g/mol. The number of benzene rings is 2. The molecule has 3 aromatic rings. The highest BCUT2D eigenvalue weighted by molar-refractivity contribution is 6.37. The maximum atomic E-state index is 6.21. The van der Waals surface area contributed by atoms with Crippen LogP contribution in [-0.2, 0) is 0 Å². The Labute approximate surface area is 140 Å². The van der Waals surface area contributed by atoms with Crippen LogP contribution in [0.4, 0.5) is 0 Å². The third kappa shape index (κ3) is 2.77. The minimum atomic E-state index is 0.314. The van der Waals surface area contributed by atoms with Crippen molar-refractivity contribution in [2.45, 2.75) is 19.9 Å². The molecule has 0 saturated heterocycles. The summed E-state index contributed by atoms with van der Waals surface area (Å²) in [7, 11) is 0. The molecule has 0 saturated carbocycles. The van der Waals surface area contributed by atoms with Gasteiger partial charge in [-0.25, -0.2) is 4.98 Å². The molecule has 0 atom stereocenters. The normalized spacial score (nSPS) is 11.9. The lowest BCUT2D eigenvalue weighted by Gasteiger charge is -2.11. The van der Waals surface area contributed by atoms with Gasteiger partial charge in [-0.05, 0) is 50.3 Å². The van der Waals surface area contributed by atoms with Crippen molar-refractivity contribution < 1.29 is 0 Å². The molecule has 112 valence electrons. The van der Waals surface area contributed by atoms with Gasteiger partial charge in [0, 0.05) is 21.7 Å². The molecule has 0 aliphatic carbocycles. The van der Waals surface area contributed by atoms with Crippen molar-refractivity contribution in [3.05, 3.63) is 63.9 Å². The zero-order valence-corrected chi connectivity index (χ0v) is 13.9. The first kappa shape index (κ1) is 15.1. The molecule has 2 aromatic carbocycles. The van der Waals surface area contributed by atoms with E-state index < -0.39 is 0 Å². The fraction of sp³-hybridized carbons (Fsp3) is 0.167. The van der Waals surface area contributed by atoms with E-state index in [0.29, 0.717) is 16.1 Å². The van der Waals surface area contributed by atoms with Gasteiger partial charge in [0.2, 0.25) is 0 Å². The van der Waals surface area contributed by atoms with Crippen LogP contribution in [0.2, 0.25) is 10.0 Å². The number of imidazole rings is 1. The molecule has 0 aliphatic rings. The standard InChI is InChI=1S/C18H16Cl2N2/c1-12(2)22-17-9-4-3-8-16(17)21-18(22)11-10-13-14(19)6-5-7-15(13)20/h3-12H,1-2H3/b11-10+. The van der Waals surface area contributed by atoms with Crippen molar-refractivity contribution in [1.82, 2.24) is 9.55 Å². The predicted molar refractivity (Wildman–Crippen MR) is 95.5 cm³/mol. The molecular weight excluding hydrogens is 315 g/mol. The number of hydrogen-bond donors (Lipinski definition) is 0. The predicted octanol–water partition coefficient (Wildman–Crippen LogP) is 6.09. The number of hydrogen-bond acceptors (Lipinski definition) is 1. The smallest absolute Gasteiger partial charge is 0.134 e. The van der Waals surface area contributed by atoms with Gasteiger partial charge in [0.25, 0.3) is 0 Å². The van der Waals surface area contributed by atoms with Gasteiger partial charge in [0.05, 0.1) is 11.0 Å². The second kappa shape index (κ2) is 6.15. The van der Waals surface area contributed by atoms with Crippen molar-refractivity contribution in [2.24, 2.45) is 0 Å². The molecule has 0 N–H and O–H groups in total. The van der Waals surface area contributed by atoms with Gasteiger partial charge in [0.1, 0.15) is 5.82 Å². The SMILES string of the molecule is CC(C)n1c(/C=C/c2c(Cl)cccc2Cl)nc2ccccc21. The topological polar surface area (TPSA) is 17.8 Å². The Kier molecular flexibility index (Phi) is 4.23. The van der Waals surface area contributed by atoms with Gasteiger partial charge < -0.3 is 4.57 Å². The van der Waals surface area contributed by atoms with Gasteiger partial charge in [-0.2, -0.15) is 0 Å². The van der Waals surface area contributed by atoms with Crippen molar-refractivity contribution >= 4 is 46.4 Å². The van der Waals surface area contributed by atoms with Gasteiger partial charge in [0.15, 0.2) is 0 Å². The maximum absolute atomic E-state index is 6.21. The van der Waals surface area contributed by atoms with Crippen molar-refractivity contribution in [2.75, 3.05) is 0 Å². The summed E-state index contributed by atoms with van der Waals surface area (Å²) in [4.78, 5) is 4.70. The number of aromatic nitrogens is 2. The Morgan fingerprint density at radius 3 is 2.32 bits per heavy atom. The summed E-state index contributed by atoms with van der Waals surface area (Å²) in [6.45, 7) is 4.29. The summed E-state index contributed by atoms with van der Waals surface area (Å²) < 4.78 is 2.20. The average Bonchev–Trinajstić information content (AvgIpc) is 2.85. The van der Waals surface area contributed by atoms with Gasteiger partial charge in [-0.3, -0.25) is 0 Å². The molecule has 0 spiro atoms. The Morgan fingerprint density at radius 2 is 1.64 bits per heavy atom. The Hall–Kier alpha value is -1.77. The zero-order chi connectivity index (χ0) is 15.7. The molecule has 1 aromatic heterocycles. The number of halogens is 2. The molecular formula is C18H16Cl2N2. The van der Waals surface area contributed by atoms with Crippen LogP contribution in [0.5, 0.6) is 0 Å². The molecule has 0 fully saturated rings. The van der Waals surface area contributed by atoms with Crippen LogP contribution in [0.3, 0.4) is 0 Å². The van der Waals surface area contributed by atoms with Crippen LogP contribution >= 0.6 is 23.2 Å². The monoisotopic (exact) mass is 330 g/mol. The summed E-state index contributed by atoms with van der Waals surface area (Å²) in [5.41, 5.74) is 2.93. The van der Waals surface area contributed by atoms with E-state index in [1.165, 1.54) is 0 Å². The largest absolute Gasteiger partial charge is 0.322 e. The third-order valence-electron chi connectivity index (χ3n) is 3.54. The van der Waals surface area contributed by atoms with Crippen LogP contribution in [0.15, 0.2) is 42.5 Å². The first-order valence-electron chi connectivity index (χ1n) is 7.17. The highest BCUT2D eigenvalue weighted by Gasteiger charge is 2.11. The molecule has 22 heavy (non-hydrogen) atoms. The molecule has 0 radical (unpaired) electrons. The third-order valence-corrected chi connectivity index (χ3v) is 4.20.